The van der Waals surface area contributed by atoms with Crippen molar-refractivity contribution in [3.8, 4) is 5.69 Å². The van der Waals surface area contributed by atoms with Gasteiger partial charge in [0.15, 0.2) is 5.65 Å². The number of piperidine rings is 1. The van der Waals surface area contributed by atoms with Crippen molar-refractivity contribution in [3.05, 3.63) is 87.5 Å². The minimum Gasteiger partial charge on any atom is -0.309 e. The Hall–Kier alpha value is -3.98. The normalized spacial score (nSPS) is 15.5. The fraction of sp³-hybridized carbons (Fsp3) is 0.250. The molecule has 9 nitrogen and oxygen atoms in total. The number of rotatable bonds is 4. The Morgan fingerprint density at radius 3 is 2.52 bits per heavy atom. The summed E-state index contributed by atoms with van der Waals surface area (Å²) < 4.78 is 3.58. The van der Waals surface area contributed by atoms with Gasteiger partial charge in [-0.3, -0.25) is 14.3 Å². The van der Waals surface area contributed by atoms with Gasteiger partial charge in [0.2, 0.25) is 0 Å². The van der Waals surface area contributed by atoms with Gasteiger partial charge in [-0.15, -0.1) is 0 Å². The topological polar surface area (TPSA) is 105 Å². The molecule has 0 bridgehead atoms. The summed E-state index contributed by atoms with van der Waals surface area (Å²) >= 11 is 0. The molecule has 1 saturated heterocycles. The average Bonchev–Trinajstić information content (AvgIpc) is 3.41. The van der Waals surface area contributed by atoms with Crippen LogP contribution in [0, 0.1) is 0 Å². The van der Waals surface area contributed by atoms with Gasteiger partial charge in [0, 0.05) is 19.1 Å². The van der Waals surface area contributed by atoms with Crippen LogP contribution < -0.4 is 11.2 Å². The summed E-state index contributed by atoms with van der Waals surface area (Å²) in [4.78, 5) is 38.0. The van der Waals surface area contributed by atoms with Crippen LogP contribution in [-0.2, 0) is 6.54 Å². The standard InChI is InChI=1S/C24H23N7O2/c32-23-18-14-25-31(17-6-2-1-3-7-17)22(18)27-21(28-23)15-29-12-10-16(11-13-29)30-20-9-5-4-8-19(20)26-24(30)33/h1-9,14,16H,10-13,15H2,(H,26,33)(H,27,28,32). The van der Waals surface area contributed by atoms with Gasteiger partial charge in [0.25, 0.3) is 5.56 Å². The predicted octanol–water partition coefficient (Wildman–Crippen LogP) is 2.59. The van der Waals surface area contributed by atoms with Crippen molar-refractivity contribution in [2.45, 2.75) is 25.4 Å². The van der Waals surface area contributed by atoms with Crippen molar-refractivity contribution < 1.29 is 0 Å². The van der Waals surface area contributed by atoms with Crippen molar-refractivity contribution in [1.29, 1.82) is 0 Å². The molecule has 0 unspecified atom stereocenters. The molecule has 1 aliphatic heterocycles. The first kappa shape index (κ1) is 19.7. The molecule has 0 radical (unpaired) electrons. The molecule has 0 atom stereocenters. The number of H-pyrrole nitrogens is 2. The zero-order valence-electron chi connectivity index (χ0n) is 17.9. The Bertz CT molecular complexity index is 1550. The molecule has 0 aliphatic carbocycles. The van der Waals surface area contributed by atoms with Gasteiger partial charge in [0.05, 0.1) is 29.5 Å². The second-order valence-electron chi connectivity index (χ2n) is 8.47. The van der Waals surface area contributed by atoms with Crippen molar-refractivity contribution in [1.82, 2.24) is 34.2 Å². The summed E-state index contributed by atoms with van der Waals surface area (Å²) in [6.45, 7) is 2.17. The van der Waals surface area contributed by atoms with Crippen LogP contribution in [0.4, 0.5) is 0 Å². The Morgan fingerprint density at radius 2 is 1.70 bits per heavy atom. The number of aromatic amines is 2. The lowest BCUT2D eigenvalue weighted by molar-refractivity contribution is 0.176. The number of nitrogens with one attached hydrogen (secondary N) is 2. The first-order chi connectivity index (χ1) is 16.2. The van der Waals surface area contributed by atoms with E-state index in [9.17, 15) is 9.59 Å². The van der Waals surface area contributed by atoms with Crippen LogP contribution in [0.2, 0.25) is 0 Å². The Kier molecular flexibility index (Phi) is 4.69. The third-order valence-electron chi connectivity index (χ3n) is 6.41. The lowest BCUT2D eigenvalue weighted by Crippen LogP contribution is -2.37. The van der Waals surface area contributed by atoms with E-state index in [0.29, 0.717) is 23.4 Å². The molecule has 3 aromatic heterocycles. The highest BCUT2D eigenvalue weighted by Gasteiger charge is 2.24. The zero-order valence-corrected chi connectivity index (χ0v) is 17.9. The molecule has 0 amide bonds. The maximum atomic E-state index is 12.6. The number of nitrogens with zero attached hydrogens (tertiary/aromatic N) is 5. The molecule has 4 heterocycles. The molecular weight excluding hydrogens is 418 g/mol. The summed E-state index contributed by atoms with van der Waals surface area (Å²) in [5, 5.41) is 4.84. The Morgan fingerprint density at radius 1 is 0.939 bits per heavy atom. The van der Waals surface area contributed by atoms with Gasteiger partial charge in [-0.05, 0) is 37.1 Å². The van der Waals surface area contributed by atoms with Gasteiger partial charge in [-0.1, -0.05) is 30.3 Å². The molecular formula is C24H23N7O2. The van der Waals surface area contributed by atoms with Crippen LogP contribution in [0.25, 0.3) is 27.8 Å². The van der Waals surface area contributed by atoms with Crippen LogP contribution in [-0.4, -0.2) is 47.3 Å². The maximum absolute atomic E-state index is 12.6. The van der Waals surface area contributed by atoms with Gasteiger partial charge >= 0.3 is 5.69 Å². The largest absolute Gasteiger partial charge is 0.326 e. The highest BCUT2D eigenvalue weighted by molar-refractivity contribution is 5.75. The SMILES string of the molecule is O=c1[nH]c(CN2CCC(n3c(=O)[nH]c4ccccc43)CC2)nc2c1cnn2-c1ccccc1. The molecule has 33 heavy (non-hydrogen) atoms. The summed E-state index contributed by atoms with van der Waals surface area (Å²) in [6, 6.07) is 17.6. The first-order valence-electron chi connectivity index (χ1n) is 11.1. The minimum atomic E-state index is -0.183. The van der Waals surface area contributed by atoms with Crippen molar-refractivity contribution in [2.75, 3.05) is 13.1 Å². The van der Waals surface area contributed by atoms with E-state index in [2.05, 4.69) is 20.0 Å². The number of aromatic nitrogens is 6. The fourth-order valence-electron chi connectivity index (χ4n) is 4.78. The van der Waals surface area contributed by atoms with E-state index in [1.807, 2.05) is 59.2 Å². The molecule has 2 aromatic carbocycles. The molecule has 0 saturated carbocycles. The number of hydrogen-bond donors (Lipinski definition) is 2. The number of hydrogen-bond acceptors (Lipinski definition) is 5. The van der Waals surface area contributed by atoms with Gasteiger partial charge in [-0.2, -0.15) is 5.10 Å². The van der Waals surface area contributed by atoms with E-state index in [-0.39, 0.29) is 17.3 Å². The summed E-state index contributed by atoms with van der Waals surface area (Å²) in [5.74, 6) is 0.618. The lowest BCUT2D eigenvalue weighted by Gasteiger charge is -2.32. The second kappa shape index (κ2) is 7.86. The number of fused-ring (bicyclic) bond motifs is 2. The van der Waals surface area contributed by atoms with Crippen molar-refractivity contribution in [2.24, 2.45) is 0 Å². The lowest BCUT2D eigenvalue weighted by atomic mass is 10.0. The van der Waals surface area contributed by atoms with Crippen LogP contribution in [0.5, 0.6) is 0 Å². The van der Waals surface area contributed by atoms with E-state index in [1.54, 1.807) is 10.9 Å². The van der Waals surface area contributed by atoms with Crippen LogP contribution in [0.15, 0.2) is 70.4 Å². The summed E-state index contributed by atoms with van der Waals surface area (Å²) in [6.07, 6.45) is 3.27. The van der Waals surface area contributed by atoms with E-state index in [4.69, 9.17) is 4.98 Å². The fourth-order valence-corrected chi connectivity index (χ4v) is 4.78. The molecule has 1 aliphatic rings. The Labute approximate surface area is 188 Å². The highest BCUT2D eigenvalue weighted by Crippen LogP contribution is 2.25. The second-order valence-corrected chi connectivity index (χ2v) is 8.47. The zero-order chi connectivity index (χ0) is 22.4. The van der Waals surface area contributed by atoms with Gasteiger partial charge in [-0.25, -0.2) is 14.5 Å². The molecule has 6 rings (SSSR count). The van der Waals surface area contributed by atoms with Crippen LogP contribution in [0.3, 0.4) is 0 Å². The van der Waals surface area contributed by atoms with E-state index in [1.165, 1.54) is 0 Å². The van der Waals surface area contributed by atoms with E-state index in [0.717, 1.165) is 42.7 Å². The number of imidazole rings is 1. The Balaban J connectivity index is 1.23. The van der Waals surface area contributed by atoms with Gasteiger partial charge < -0.3 is 9.97 Å². The molecule has 166 valence electrons. The highest BCUT2D eigenvalue weighted by atomic mass is 16.1. The van der Waals surface area contributed by atoms with Crippen molar-refractivity contribution >= 4 is 22.1 Å². The summed E-state index contributed by atoms with van der Waals surface area (Å²) in [5.41, 5.74) is 3.00. The monoisotopic (exact) mass is 441 g/mol. The van der Waals surface area contributed by atoms with Crippen LogP contribution >= 0.6 is 0 Å². The molecule has 0 spiro atoms. The van der Waals surface area contributed by atoms with E-state index >= 15 is 0 Å². The average molecular weight is 441 g/mol. The predicted molar refractivity (Wildman–Crippen MR) is 126 cm³/mol. The van der Waals surface area contributed by atoms with Gasteiger partial charge in [0.1, 0.15) is 11.2 Å². The molecule has 5 aromatic rings. The number of likely N-dealkylation sites (tertiary alicyclic amines) is 1. The minimum absolute atomic E-state index is 0.0553. The maximum Gasteiger partial charge on any atom is 0.326 e. The van der Waals surface area contributed by atoms with Crippen LogP contribution in [0.1, 0.15) is 24.7 Å². The third kappa shape index (κ3) is 3.46. The third-order valence-corrected chi connectivity index (χ3v) is 6.41. The van der Waals surface area contributed by atoms with E-state index < -0.39 is 0 Å². The van der Waals surface area contributed by atoms with Crippen molar-refractivity contribution in [3.63, 3.8) is 0 Å². The quantitative estimate of drug-likeness (QED) is 0.446. The first-order valence-corrected chi connectivity index (χ1v) is 11.1. The molecule has 2 N–H and O–H groups in total. The smallest absolute Gasteiger partial charge is 0.309 e. The summed E-state index contributed by atoms with van der Waals surface area (Å²) in [7, 11) is 0. The molecule has 9 heteroatoms. The number of para-hydroxylation sites is 3. The molecule has 1 fully saturated rings. The number of benzene rings is 2.